The normalized spacial score (nSPS) is 24.5. The zero-order chi connectivity index (χ0) is 21.8. The Bertz CT molecular complexity index is 1190. The van der Waals surface area contributed by atoms with Crippen LogP contribution < -0.4 is 15.8 Å². The van der Waals surface area contributed by atoms with Crippen LogP contribution in [-0.4, -0.2) is 38.7 Å². The molecule has 3 N–H and O–H groups in total. The largest absolute Gasteiger partial charge is 0.474 e. The molecule has 0 atom stereocenters. The molecule has 2 aliphatic carbocycles. The van der Waals surface area contributed by atoms with Crippen molar-refractivity contribution in [3.8, 4) is 5.88 Å². The minimum atomic E-state index is -0.543. The molecular weight excluding hydrogens is 462 g/mol. The smallest absolute Gasteiger partial charge is 0.254 e. The minimum absolute atomic E-state index is 0.0183. The van der Waals surface area contributed by atoms with Gasteiger partial charge in [-0.3, -0.25) is 14.3 Å². The minimum Gasteiger partial charge on any atom is -0.474 e. The van der Waals surface area contributed by atoms with Gasteiger partial charge in [-0.2, -0.15) is 5.10 Å². The van der Waals surface area contributed by atoms with Crippen LogP contribution in [0.5, 0.6) is 5.88 Å². The molecule has 8 nitrogen and oxygen atoms in total. The Morgan fingerprint density at radius 1 is 1.26 bits per heavy atom. The van der Waals surface area contributed by atoms with Crippen molar-refractivity contribution in [2.75, 3.05) is 0 Å². The van der Waals surface area contributed by atoms with Crippen molar-refractivity contribution in [3.63, 3.8) is 0 Å². The Kier molecular flexibility index (Phi) is 4.73. The summed E-state index contributed by atoms with van der Waals surface area (Å²) in [5, 5.41) is 8.27. The lowest BCUT2D eigenvalue weighted by Gasteiger charge is -2.57. The zero-order valence-corrected chi connectivity index (χ0v) is 18.6. The summed E-state index contributed by atoms with van der Waals surface area (Å²) in [5.74, 6) is -0.321. The van der Waals surface area contributed by atoms with Gasteiger partial charge in [0.15, 0.2) is 0 Å². The number of carbonyl (C=O) groups is 2. The van der Waals surface area contributed by atoms with Crippen molar-refractivity contribution in [1.82, 2.24) is 20.1 Å². The van der Waals surface area contributed by atoms with Gasteiger partial charge in [0.05, 0.1) is 17.3 Å². The number of aromatic nitrogens is 3. The van der Waals surface area contributed by atoms with E-state index in [1.165, 1.54) is 0 Å². The second-order valence-electron chi connectivity index (χ2n) is 8.60. The third-order valence-electron chi connectivity index (χ3n) is 6.41. The van der Waals surface area contributed by atoms with Gasteiger partial charge in [0.1, 0.15) is 11.7 Å². The maximum atomic E-state index is 12.9. The van der Waals surface area contributed by atoms with Gasteiger partial charge in [-0.15, -0.1) is 0 Å². The summed E-state index contributed by atoms with van der Waals surface area (Å²) in [4.78, 5) is 28.6. The summed E-state index contributed by atoms with van der Waals surface area (Å²) in [6.07, 6.45) is 6.96. The highest BCUT2D eigenvalue weighted by molar-refractivity contribution is 9.10. The van der Waals surface area contributed by atoms with E-state index in [1.54, 1.807) is 29.2 Å². The summed E-state index contributed by atoms with van der Waals surface area (Å²) in [6, 6.07) is 7.23. The molecular formula is C22H22BrN5O3. The summed E-state index contributed by atoms with van der Waals surface area (Å²) in [6.45, 7) is 0. The Morgan fingerprint density at radius 3 is 2.77 bits per heavy atom. The predicted molar refractivity (Wildman–Crippen MR) is 118 cm³/mol. The van der Waals surface area contributed by atoms with Crippen LogP contribution in [0.2, 0.25) is 0 Å². The number of halogens is 1. The fraction of sp³-hybridized carbons (Fsp3) is 0.364. The molecule has 0 radical (unpaired) electrons. The number of ether oxygens (including phenoxy) is 1. The first-order valence-corrected chi connectivity index (χ1v) is 11.0. The number of rotatable bonds is 5. The van der Waals surface area contributed by atoms with E-state index >= 15 is 0 Å². The topological polar surface area (TPSA) is 112 Å². The van der Waals surface area contributed by atoms with Gasteiger partial charge in [-0.1, -0.05) is 15.9 Å². The molecule has 2 fully saturated rings. The van der Waals surface area contributed by atoms with E-state index in [-0.39, 0.29) is 23.5 Å². The lowest BCUT2D eigenvalue weighted by Crippen LogP contribution is -2.58. The van der Waals surface area contributed by atoms with E-state index in [1.807, 2.05) is 19.2 Å². The number of nitrogens with zero attached hydrogens (tertiary/aromatic N) is 3. The van der Waals surface area contributed by atoms with Crippen molar-refractivity contribution in [2.24, 2.45) is 18.2 Å². The number of primary amides is 1. The molecule has 0 saturated heterocycles. The van der Waals surface area contributed by atoms with Gasteiger partial charge >= 0.3 is 0 Å². The SMILES string of the molecule is Cn1ncc2c(C(=O)NC3CC4(C3)CC(Oc3ncccc3C(N)=O)C4)cc(Br)cc21. The summed E-state index contributed by atoms with van der Waals surface area (Å²) < 4.78 is 8.52. The molecule has 31 heavy (non-hydrogen) atoms. The van der Waals surface area contributed by atoms with Gasteiger partial charge < -0.3 is 15.8 Å². The van der Waals surface area contributed by atoms with Crippen LogP contribution >= 0.6 is 15.9 Å². The number of nitrogens with one attached hydrogen (secondary N) is 1. The quantitative estimate of drug-likeness (QED) is 0.579. The van der Waals surface area contributed by atoms with Crippen molar-refractivity contribution in [3.05, 3.63) is 52.3 Å². The molecule has 2 aliphatic rings. The summed E-state index contributed by atoms with van der Waals surface area (Å²) in [5.41, 5.74) is 7.43. The number of fused-ring (bicyclic) bond motifs is 1. The number of carbonyl (C=O) groups excluding carboxylic acids is 2. The maximum absolute atomic E-state index is 12.9. The third-order valence-corrected chi connectivity index (χ3v) is 6.86. The standard InChI is InChI=1S/C22H22BrN5O3/c1-28-18-6-12(23)5-16(17(18)11-26-28)20(30)27-13-7-22(8-13)9-14(10-22)31-21-15(19(24)29)3-2-4-25-21/h2-6,11,13-14H,7-10H2,1H3,(H2,24,29)(H,27,30). The van der Waals surface area contributed by atoms with Crippen LogP contribution in [-0.2, 0) is 7.05 Å². The van der Waals surface area contributed by atoms with Gasteiger partial charge in [0.2, 0.25) is 5.88 Å². The lowest BCUT2D eigenvalue weighted by molar-refractivity contribution is -0.0848. The molecule has 2 amide bonds. The van der Waals surface area contributed by atoms with Crippen LogP contribution in [0.3, 0.4) is 0 Å². The van der Waals surface area contributed by atoms with E-state index in [2.05, 4.69) is 31.3 Å². The van der Waals surface area contributed by atoms with E-state index in [0.717, 1.165) is 41.1 Å². The van der Waals surface area contributed by atoms with Crippen LogP contribution in [0.4, 0.5) is 0 Å². The first-order chi connectivity index (χ1) is 14.8. The fourth-order valence-corrected chi connectivity index (χ4v) is 5.35. The first-order valence-electron chi connectivity index (χ1n) is 10.2. The predicted octanol–water partition coefficient (Wildman–Crippen LogP) is 2.95. The number of benzene rings is 1. The summed E-state index contributed by atoms with van der Waals surface area (Å²) >= 11 is 3.48. The van der Waals surface area contributed by atoms with Crippen LogP contribution in [0, 0.1) is 5.41 Å². The van der Waals surface area contributed by atoms with Crippen LogP contribution in [0.15, 0.2) is 41.1 Å². The fourth-order valence-electron chi connectivity index (χ4n) is 4.91. The number of hydrogen-bond acceptors (Lipinski definition) is 5. The van der Waals surface area contributed by atoms with Gasteiger partial charge in [-0.05, 0) is 55.4 Å². The third kappa shape index (κ3) is 3.56. The lowest BCUT2D eigenvalue weighted by atomic mass is 9.53. The molecule has 3 aromatic rings. The first kappa shape index (κ1) is 20.0. The molecule has 5 rings (SSSR count). The Morgan fingerprint density at radius 2 is 2.03 bits per heavy atom. The highest BCUT2D eigenvalue weighted by Crippen LogP contribution is 2.56. The second-order valence-corrected chi connectivity index (χ2v) is 9.52. The number of pyridine rings is 1. The van der Waals surface area contributed by atoms with Crippen molar-refractivity contribution < 1.29 is 14.3 Å². The highest BCUT2D eigenvalue weighted by atomic mass is 79.9. The molecule has 9 heteroatoms. The molecule has 2 aromatic heterocycles. The molecule has 0 bridgehead atoms. The molecule has 0 unspecified atom stereocenters. The Balaban J connectivity index is 1.18. The van der Waals surface area contributed by atoms with Crippen LogP contribution in [0.25, 0.3) is 10.9 Å². The molecule has 2 heterocycles. The van der Waals surface area contributed by atoms with Gasteiger partial charge in [-0.25, -0.2) is 4.98 Å². The summed E-state index contributed by atoms with van der Waals surface area (Å²) in [7, 11) is 1.86. The van der Waals surface area contributed by atoms with Crippen molar-refractivity contribution >= 4 is 38.6 Å². The van der Waals surface area contributed by atoms with Crippen LogP contribution in [0.1, 0.15) is 46.4 Å². The van der Waals surface area contributed by atoms with E-state index < -0.39 is 5.91 Å². The van der Waals surface area contributed by atoms with Crippen molar-refractivity contribution in [2.45, 2.75) is 37.8 Å². The number of aryl methyl sites for hydroxylation is 1. The average molecular weight is 484 g/mol. The maximum Gasteiger partial charge on any atom is 0.254 e. The average Bonchev–Trinajstić information content (AvgIpc) is 3.04. The zero-order valence-electron chi connectivity index (χ0n) is 17.0. The van der Waals surface area contributed by atoms with Crippen molar-refractivity contribution in [1.29, 1.82) is 0 Å². The number of nitrogens with two attached hydrogens (primary N) is 1. The van der Waals surface area contributed by atoms with Gasteiger partial charge in [0.25, 0.3) is 11.8 Å². The van der Waals surface area contributed by atoms with E-state index in [4.69, 9.17) is 10.5 Å². The molecule has 1 spiro atoms. The Labute approximate surface area is 187 Å². The van der Waals surface area contributed by atoms with E-state index in [0.29, 0.717) is 17.0 Å². The molecule has 1 aromatic carbocycles. The van der Waals surface area contributed by atoms with Gasteiger partial charge in [0, 0.05) is 29.1 Å². The highest BCUT2D eigenvalue weighted by Gasteiger charge is 2.54. The number of amides is 2. The molecule has 0 aliphatic heterocycles. The Hall–Kier alpha value is -2.94. The molecule has 160 valence electrons. The number of hydrogen-bond donors (Lipinski definition) is 2. The monoisotopic (exact) mass is 483 g/mol. The molecule has 2 saturated carbocycles. The van der Waals surface area contributed by atoms with E-state index in [9.17, 15) is 9.59 Å². The second kappa shape index (κ2) is 7.33.